The highest BCUT2D eigenvalue weighted by Gasteiger charge is 1.99. The molecule has 0 aromatic heterocycles. The molecule has 0 radical (unpaired) electrons. The molecule has 0 saturated heterocycles. The standard InChI is InChI=1S/C15H31NO2.H3N/c1-2-3-4-5-6-7-8-9-10-11-12-13-14-15(17)18-16;/h2-14,16H2,1H3;1H3. The first-order chi connectivity index (χ1) is 8.81. The molecule has 0 atom stereocenters. The van der Waals surface area contributed by atoms with Crippen molar-refractivity contribution in [2.45, 2.75) is 90.4 Å². The molecule has 0 heterocycles. The Morgan fingerprint density at radius 3 is 1.53 bits per heavy atom. The Labute approximate surface area is 119 Å². The molecule has 4 nitrogen and oxygen atoms in total. The van der Waals surface area contributed by atoms with E-state index in [2.05, 4.69) is 11.8 Å². The van der Waals surface area contributed by atoms with Crippen LogP contribution in [0.1, 0.15) is 90.4 Å². The number of rotatable bonds is 13. The van der Waals surface area contributed by atoms with Crippen molar-refractivity contribution in [2.75, 3.05) is 0 Å². The molecule has 0 fully saturated rings. The van der Waals surface area contributed by atoms with Crippen LogP contribution in [0, 0.1) is 0 Å². The van der Waals surface area contributed by atoms with E-state index in [4.69, 9.17) is 5.90 Å². The Balaban J connectivity index is 0. The summed E-state index contributed by atoms with van der Waals surface area (Å²) < 4.78 is 0. The summed E-state index contributed by atoms with van der Waals surface area (Å²) in [5.41, 5.74) is 0. The molecule has 0 aromatic carbocycles. The smallest absolute Gasteiger partial charge is 0.324 e. The van der Waals surface area contributed by atoms with Crippen LogP contribution in [0.15, 0.2) is 0 Å². The highest BCUT2D eigenvalue weighted by atomic mass is 16.7. The van der Waals surface area contributed by atoms with Crippen LogP contribution in [0.3, 0.4) is 0 Å². The summed E-state index contributed by atoms with van der Waals surface area (Å²) in [6, 6.07) is 0. The number of carbonyl (C=O) groups is 1. The van der Waals surface area contributed by atoms with Gasteiger partial charge in [0.2, 0.25) is 0 Å². The van der Waals surface area contributed by atoms with Crippen LogP contribution in [0.5, 0.6) is 0 Å². The summed E-state index contributed by atoms with van der Waals surface area (Å²) in [7, 11) is 0. The Morgan fingerprint density at radius 1 is 0.789 bits per heavy atom. The molecule has 0 bridgehead atoms. The van der Waals surface area contributed by atoms with Crippen LogP contribution in [0.4, 0.5) is 0 Å². The Kier molecular flexibility index (Phi) is 18.9. The summed E-state index contributed by atoms with van der Waals surface area (Å²) in [6.07, 6.45) is 16.1. The van der Waals surface area contributed by atoms with E-state index in [0.29, 0.717) is 6.42 Å². The van der Waals surface area contributed by atoms with Crippen molar-refractivity contribution >= 4 is 5.97 Å². The van der Waals surface area contributed by atoms with Gasteiger partial charge < -0.3 is 11.0 Å². The molecule has 116 valence electrons. The second-order valence-corrected chi connectivity index (χ2v) is 5.13. The fraction of sp³-hybridized carbons (Fsp3) is 0.933. The molecule has 0 aliphatic heterocycles. The topological polar surface area (TPSA) is 87.3 Å². The highest BCUT2D eigenvalue weighted by Crippen LogP contribution is 2.12. The van der Waals surface area contributed by atoms with Gasteiger partial charge in [0.1, 0.15) is 0 Å². The van der Waals surface area contributed by atoms with Crippen LogP contribution in [-0.2, 0) is 9.63 Å². The van der Waals surface area contributed by atoms with E-state index in [1.165, 1.54) is 64.2 Å². The minimum atomic E-state index is -0.290. The number of hydrogen-bond acceptors (Lipinski definition) is 4. The summed E-state index contributed by atoms with van der Waals surface area (Å²) in [5, 5.41) is 0. The molecule has 0 aliphatic carbocycles. The third-order valence-electron chi connectivity index (χ3n) is 3.37. The van der Waals surface area contributed by atoms with Gasteiger partial charge in [0.25, 0.3) is 0 Å². The molecule has 5 N–H and O–H groups in total. The lowest BCUT2D eigenvalue weighted by Gasteiger charge is -2.02. The van der Waals surface area contributed by atoms with Crippen molar-refractivity contribution in [3.8, 4) is 0 Å². The monoisotopic (exact) mass is 274 g/mol. The quantitative estimate of drug-likeness (QED) is 0.378. The van der Waals surface area contributed by atoms with Crippen LogP contribution in [0.2, 0.25) is 0 Å². The van der Waals surface area contributed by atoms with Crippen LogP contribution in [-0.4, -0.2) is 5.97 Å². The highest BCUT2D eigenvalue weighted by molar-refractivity contribution is 5.68. The first-order valence-electron chi connectivity index (χ1n) is 7.70. The van der Waals surface area contributed by atoms with E-state index in [-0.39, 0.29) is 12.1 Å². The van der Waals surface area contributed by atoms with Crippen molar-refractivity contribution in [1.82, 2.24) is 6.15 Å². The lowest BCUT2D eigenvalue weighted by atomic mass is 10.0. The second kappa shape index (κ2) is 17.4. The van der Waals surface area contributed by atoms with Gasteiger partial charge in [-0.15, -0.1) is 0 Å². The minimum absolute atomic E-state index is 0. The average Bonchev–Trinajstić information content (AvgIpc) is 2.39. The van der Waals surface area contributed by atoms with E-state index in [9.17, 15) is 4.79 Å². The maximum absolute atomic E-state index is 10.7. The maximum Gasteiger partial charge on any atom is 0.324 e. The van der Waals surface area contributed by atoms with Crippen molar-refractivity contribution < 1.29 is 9.63 Å². The molecule has 0 unspecified atom stereocenters. The molecule has 19 heavy (non-hydrogen) atoms. The summed E-state index contributed by atoms with van der Waals surface area (Å²) in [4.78, 5) is 14.9. The van der Waals surface area contributed by atoms with E-state index in [0.717, 1.165) is 12.8 Å². The second-order valence-electron chi connectivity index (χ2n) is 5.13. The molecule has 0 aliphatic rings. The van der Waals surface area contributed by atoms with Crippen molar-refractivity contribution in [3.05, 3.63) is 0 Å². The zero-order valence-corrected chi connectivity index (χ0v) is 12.8. The number of nitrogens with two attached hydrogens (primary N) is 1. The van der Waals surface area contributed by atoms with Gasteiger partial charge in [-0.1, -0.05) is 77.6 Å². The normalized spacial score (nSPS) is 10.0. The van der Waals surface area contributed by atoms with Crippen molar-refractivity contribution in [2.24, 2.45) is 5.90 Å². The summed E-state index contributed by atoms with van der Waals surface area (Å²) >= 11 is 0. The first-order valence-corrected chi connectivity index (χ1v) is 7.70. The fourth-order valence-electron chi connectivity index (χ4n) is 2.17. The largest absolute Gasteiger partial charge is 0.373 e. The van der Waals surface area contributed by atoms with E-state index < -0.39 is 0 Å². The Morgan fingerprint density at radius 2 is 1.16 bits per heavy atom. The number of unbranched alkanes of at least 4 members (excludes halogenated alkanes) is 11. The van der Waals surface area contributed by atoms with Gasteiger partial charge in [0, 0.05) is 6.42 Å². The van der Waals surface area contributed by atoms with E-state index >= 15 is 0 Å². The maximum atomic E-state index is 10.7. The SMILES string of the molecule is CCCCCCCCCCCCCCC(=O)ON.N. The molecule has 0 spiro atoms. The summed E-state index contributed by atoms with van der Waals surface area (Å²) in [6.45, 7) is 2.26. The zero-order chi connectivity index (χ0) is 13.5. The van der Waals surface area contributed by atoms with Gasteiger partial charge in [-0.05, 0) is 6.42 Å². The Hall–Kier alpha value is -0.610. The first kappa shape index (κ1) is 20.7. The number of hydrogen-bond donors (Lipinski definition) is 2. The third kappa shape index (κ3) is 17.4. The van der Waals surface area contributed by atoms with Crippen molar-refractivity contribution in [1.29, 1.82) is 0 Å². The summed E-state index contributed by atoms with van der Waals surface area (Å²) in [5.74, 6) is 4.47. The minimum Gasteiger partial charge on any atom is -0.373 e. The van der Waals surface area contributed by atoms with Gasteiger partial charge in [-0.25, -0.2) is 0 Å². The molecular formula is C15H34N2O2. The van der Waals surface area contributed by atoms with Gasteiger partial charge in [0.05, 0.1) is 0 Å². The van der Waals surface area contributed by atoms with E-state index in [1.54, 1.807) is 0 Å². The molecule has 4 heteroatoms. The number of carbonyl (C=O) groups excluding carboxylic acids is 1. The average molecular weight is 274 g/mol. The van der Waals surface area contributed by atoms with Crippen LogP contribution in [0.25, 0.3) is 0 Å². The molecule has 0 saturated carbocycles. The Bertz CT molecular complexity index is 187. The molecule has 0 rings (SSSR count). The molecular weight excluding hydrogens is 240 g/mol. The van der Waals surface area contributed by atoms with Crippen LogP contribution >= 0.6 is 0 Å². The van der Waals surface area contributed by atoms with Gasteiger partial charge in [0.15, 0.2) is 0 Å². The zero-order valence-electron chi connectivity index (χ0n) is 12.8. The molecule has 0 aromatic rings. The van der Waals surface area contributed by atoms with Crippen LogP contribution < -0.4 is 12.0 Å². The predicted octanol–water partition coefficient (Wildman–Crippen LogP) is 4.66. The van der Waals surface area contributed by atoms with Crippen molar-refractivity contribution in [3.63, 3.8) is 0 Å². The van der Waals surface area contributed by atoms with Gasteiger partial charge >= 0.3 is 5.97 Å². The predicted molar refractivity (Wildman–Crippen MR) is 81.0 cm³/mol. The van der Waals surface area contributed by atoms with E-state index in [1.807, 2.05) is 0 Å². The van der Waals surface area contributed by atoms with Gasteiger partial charge in [-0.3, -0.25) is 4.79 Å². The third-order valence-corrected chi connectivity index (χ3v) is 3.37. The van der Waals surface area contributed by atoms with Gasteiger partial charge in [-0.2, -0.15) is 5.90 Å². The molecule has 0 amide bonds. The lowest BCUT2D eigenvalue weighted by molar-refractivity contribution is -0.144. The lowest BCUT2D eigenvalue weighted by Crippen LogP contribution is -2.08. The fourth-order valence-corrected chi connectivity index (χ4v) is 2.17.